The van der Waals surface area contributed by atoms with Gasteiger partial charge in [0.05, 0.1) is 5.52 Å². The highest BCUT2D eigenvalue weighted by molar-refractivity contribution is 7.99. The predicted molar refractivity (Wildman–Crippen MR) is 135 cm³/mol. The van der Waals surface area contributed by atoms with Gasteiger partial charge in [-0.25, -0.2) is 4.98 Å². The number of aromatic nitrogens is 4. The predicted octanol–water partition coefficient (Wildman–Crippen LogP) is 5.60. The highest BCUT2D eigenvalue weighted by atomic mass is 32.2. The Morgan fingerprint density at radius 3 is 2.64 bits per heavy atom. The van der Waals surface area contributed by atoms with Gasteiger partial charge in [-0.3, -0.25) is 4.79 Å². The van der Waals surface area contributed by atoms with Crippen LogP contribution in [0.4, 0.5) is 0 Å². The van der Waals surface area contributed by atoms with Crippen LogP contribution in [0.5, 0.6) is 0 Å². The van der Waals surface area contributed by atoms with Crippen LogP contribution in [0.25, 0.3) is 22.1 Å². The molecule has 0 spiro atoms. The number of nitrogens with one attached hydrogen (secondary N) is 1. The highest BCUT2D eigenvalue weighted by Crippen LogP contribution is 2.28. The molecule has 0 saturated heterocycles. The smallest absolute Gasteiger partial charge is 0.220 e. The van der Waals surface area contributed by atoms with Crippen molar-refractivity contribution < 1.29 is 4.79 Å². The Balaban J connectivity index is 1.40. The lowest BCUT2D eigenvalue weighted by atomic mass is 10.2. The summed E-state index contributed by atoms with van der Waals surface area (Å²) in [6, 6.07) is 18.6. The summed E-state index contributed by atoms with van der Waals surface area (Å²) in [6.45, 7) is 3.70. The molecule has 0 bridgehead atoms. The van der Waals surface area contributed by atoms with Crippen LogP contribution in [0.15, 0.2) is 59.8 Å². The van der Waals surface area contributed by atoms with Gasteiger partial charge in [0.15, 0.2) is 5.65 Å². The van der Waals surface area contributed by atoms with Gasteiger partial charge in [0.2, 0.25) is 11.1 Å². The molecule has 33 heavy (non-hydrogen) atoms. The number of amides is 1. The van der Waals surface area contributed by atoms with E-state index in [2.05, 4.69) is 63.4 Å². The fourth-order valence-corrected chi connectivity index (χ4v) is 4.66. The summed E-state index contributed by atoms with van der Waals surface area (Å²) in [5.74, 6) is 0.916. The maximum absolute atomic E-state index is 12.0. The summed E-state index contributed by atoms with van der Waals surface area (Å²) in [5.41, 5.74) is 4.00. The third-order valence-corrected chi connectivity index (χ3v) is 6.59. The molecule has 1 amide bonds. The van der Waals surface area contributed by atoms with Crippen LogP contribution in [0, 0.1) is 0 Å². The van der Waals surface area contributed by atoms with E-state index in [0.717, 1.165) is 53.8 Å². The molecule has 0 aliphatic carbocycles. The van der Waals surface area contributed by atoms with Crippen LogP contribution >= 0.6 is 11.8 Å². The van der Waals surface area contributed by atoms with Gasteiger partial charge in [0.25, 0.3) is 0 Å². The maximum Gasteiger partial charge on any atom is 0.220 e. The second-order valence-corrected chi connectivity index (χ2v) is 9.28. The van der Waals surface area contributed by atoms with Crippen LogP contribution in [0.3, 0.4) is 0 Å². The minimum atomic E-state index is 0.129. The van der Waals surface area contributed by atoms with Gasteiger partial charge in [-0.15, -0.1) is 10.2 Å². The number of nitrogens with zero attached hydrogens (tertiary/aromatic N) is 4. The van der Waals surface area contributed by atoms with Crippen LogP contribution in [-0.4, -0.2) is 38.0 Å². The van der Waals surface area contributed by atoms with Crippen LogP contribution < -0.4 is 5.32 Å². The number of thioether (sulfide) groups is 1. The minimum absolute atomic E-state index is 0.129. The van der Waals surface area contributed by atoms with Crippen molar-refractivity contribution in [2.24, 2.45) is 0 Å². The number of rotatable bonds is 12. The zero-order valence-corrected chi connectivity index (χ0v) is 20.0. The summed E-state index contributed by atoms with van der Waals surface area (Å²) in [6.07, 6.45) is 6.01. The molecule has 2 heterocycles. The van der Waals surface area contributed by atoms with Gasteiger partial charge < -0.3 is 9.88 Å². The lowest BCUT2D eigenvalue weighted by molar-refractivity contribution is -0.121. The molecule has 0 fully saturated rings. The molecular formula is C26H31N5OS. The quantitative estimate of drug-likeness (QED) is 0.220. The third kappa shape index (κ3) is 6.11. The van der Waals surface area contributed by atoms with Gasteiger partial charge in [-0.2, -0.15) is 0 Å². The summed E-state index contributed by atoms with van der Waals surface area (Å²) < 4.78 is 2.21. The van der Waals surface area contributed by atoms with Crippen molar-refractivity contribution >= 4 is 39.7 Å². The first-order valence-electron chi connectivity index (χ1n) is 11.8. The van der Waals surface area contributed by atoms with Gasteiger partial charge in [-0.05, 0) is 24.5 Å². The summed E-state index contributed by atoms with van der Waals surface area (Å²) in [4.78, 5) is 16.9. The summed E-state index contributed by atoms with van der Waals surface area (Å²) in [5, 5.41) is 13.6. The van der Waals surface area contributed by atoms with Gasteiger partial charge in [-0.1, -0.05) is 86.5 Å². The third-order valence-electron chi connectivity index (χ3n) is 5.67. The molecule has 0 atom stereocenters. The normalized spacial score (nSPS) is 11.3. The number of carbonyl (C=O) groups is 1. The Morgan fingerprint density at radius 2 is 1.79 bits per heavy atom. The van der Waals surface area contributed by atoms with Crippen molar-refractivity contribution in [1.29, 1.82) is 0 Å². The van der Waals surface area contributed by atoms with Crippen LogP contribution in [-0.2, 0) is 11.3 Å². The zero-order valence-electron chi connectivity index (χ0n) is 19.2. The van der Waals surface area contributed by atoms with Crippen molar-refractivity contribution in [3.8, 4) is 0 Å². The minimum Gasteiger partial charge on any atom is -0.356 e. The molecule has 2 aromatic carbocycles. The summed E-state index contributed by atoms with van der Waals surface area (Å²) >= 11 is 1.56. The SMILES string of the molecule is CCCCCCNC(=O)CCCSc1nnc2c3ccccc3n(Cc3ccccc3)c2n1. The second-order valence-electron chi connectivity index (χ2n) is 8.22. The molecule has 2 aromatic heterocycles. The largest absolute Gasteiger partial charge is 0.356 e. The highest BCUT2D eigenvalue weighted by Gasteiger charge is 2.15. The Hall–Kier alpha value is -2.93. The number of carbonyl (C=O) groups excluding carboxylic acids is 1. The number of hydrogen-bond acceptors (Lipinski definition) is 5. The fourth-order valence-electron chi connectivity index (χ4n) is 3.94. The zero-order chi connectivity index (χ0) is 22.9. The Morgan fingerprint density at radius 1 is 0.970 bits per heavy atom. The van der Waals surface area contributed by atoms with E-state index in [-0.39, 0.29) is 5.91 Å². The molecule has 0 saturated carbocycles. The Labute approximate surface area is 199 Å². The number of hydrogen-bond donors (Lipinski definition) is 1. The average Bonchev–Trinajstić information content (AvgIpc) is 3.15. The molecule has 0 aliphatic rings. The van der Waals surface area contributed by atoms with E-state index in [4.69, 9.17) is 4.98 Å². The van der Waals surface area contributed by atoms with Crippen molar-refractivity contribution in [1.82, 2.24) is 25.1 Å². The first kappa shape index (κ1) is 23.2. The fraction of sp³-hybridized carbons (Fsp3) is 0.385. The number of unbranched alkanes of at least 4 members (excludes halogenated alkanes) is 3. The van der Waals surface area contributed by atoms with Crippen LogP contribution in [0.1, 0.15) is 51.0 Å². The van der Waals surface area contributed by atoms with Gasteiger partial charge in [0, 0.05) is 30.6 Å². The lowest BCUT2D eigenvalue weighted by Crippen LogP contribution is -2.24. The molecule has 7 heteroatoms. The van der Waals surface area contributed by atoms with Crippen molar-refractivity contribution in [3.05, 3.63) is 60.2 Å². The number of para-hydroxylation sites is 1. The summed E-state index contributed by atoms with van der Waals surface area (Å²) in [7, 11) is 0. The van der Waals surface area contributed by atoms with E-state index >= 15 is 0 Å². The molecule has 6 nitrogen and oxygen atoms in total. The molecule has 0 unspecified atom stereocenters. The molecule has 172 valence electrons. The number of fused-ring (bicyclic) bond motifs is 3. The first-order chi connectivity index (χ1) is 16.3. The maximum atomic E-state index is 12.0. The van der Waals surface area contributed by atoms with E-state index in [1.165, 1.54) is 24.8 Å². The van der Waals surface area contributed by atoms with Crippen LogP contribution in [0.2, 0.25) is 0 Å². The van der Waals surface area contributed by atoms with E-state index in [1.54, 1.807) is 11.8 Å². The van der Waals surface area contributed by atoms with Crippen molar-refractivity contribution in [2.75, 3.05) is 12.3 Å². The Bertz CT molecular complexity index is 1190. The molecule has 4 rings (SSSR count). The number of benzene rings is 2. The molecule has 1 N–H and O–H groups in total. The second kappa shape index (κ2) is 11.8. The van der Waals surface area contributed by atoms with Gasteiger partial charge >= 0.3 is 0 Å². The first-order valence-corrected chi connectivity index (χ1v) is 12.8. The van der Waals surface area contributed by atoms with E-state index in [0.29, 0.717) is 11.6 Å². The molecule has 0 aliphatic heterocycles. The van der Waals surface area contributed by atoms with Gasteiger partial charge in [0.1, 0.15) is 5.52 Å². The van der Waals surface area contributed by atoms with Crippen molar-refractivity contribution in [3.63, 3.8) is 0 Å². The standard InChI is InChI=1S/C26H31N5OS/c1-2-3-4-10-17-27-23(32)16-11-18-33-26-28-25-24(29-30-26)21-14-8-9-15-22(21)31(25)19-20-12-6-5-7-13-20/h5-9,12-15H,2-4,10-11,16-19H2,1H3,(H,27,32). The van der Waals surface area contributed by atoms with E-state index in [9.17, 15) is 4.79 Å². The topological polar surface area (TPSA) is 72.7 Å². The monoisotopic (exact) mass is 461 g/mol. The molecule has 4 aromatic rings. The Kier molecular flexibility index (Phi) is 8.30. The molecule has 0 radical (unpaired) electrons. The van der Waals surface area contributed by atoms with E-state index in [1.807, 2.05) is 18.2 Å². The lowest BCUT2D eigenvalue weighted by Gasteiger charge is -2.07. The van der Waals surface area contributed by atoms with E-state index < -0.39 is 0 Å². The van der Waals surface area contributed by atoms with Crippen molar-refractivity contribution in [2.45, 2.75) is 57.1 Å². The average molecular weight is 462 g/mol. The molecular weight excluding hydrogens is 430 g/mol.